The van der Waals surface area contributed by atoms with E-state index in [0.29, 0.717) is 0 Å². The first kappa shape index (κ1) is 15.6. The number of hydrogen-bond donors (Lipinski definition) is 2. The third-order valence-electron chi connectivity index (χ3n) is 4.08. The summed E-state index contributed by atoms with van der Waals surface area (Å²) in [6.45, 7) is 4.06. The molecule has 0 radical (unpaired) electrons. The van der Waals surface area contributed by atoms with Crippen LogP contribution in [0.25, 0.3) is 21.3 Å². The van der Waals surface area contributed by atoms with Crippen molar-refractivity contribution < 1.29 is 0 Å². The Labute approximate surface area is 150 Å². The van der Waals surface area contributed by atoms with Crippen LogP contribution in [0.5, 0.6) is 0 Å². The third kappa shape index (κ3) is 2.94. The highest BCUT2D eigenvalue weighted by atomic mass is 32.1. The number of aromatic nitrogens is 2. The fourth-order valence-electron chi connectivity index (χ4n) is 2.96. The van der Waals surface area contributed by atoms with Gasteiger partial charge >= 0.3 is 0 Å². The first-order valence-electron chi connectivity index (χ1n) is 8.07. The van der Waals surface area contributed by atoms with E-state index in [1.165, 1.54) is 16.0 Å². The van der Waals surface area contributed by atoms with Crippen molar-refractivity contribution in [2.24, 2.45) is 0 Å². The summed E-state index contributed by atoms with van der Waals surface area (Å²) in [5.41, 5.74) is 9.86. The quantitative estimate of drug-likeness (QED) is 0.494. The lowest BCUT2D eigenvalue weighted by Gasteiger charge is -2.10. The molecule has 0 aliphatic heterocycles. The standard InChI is InChI=1S/C20H18N4S/c1-12-17(14-6-4-3-5-7-14)18-19(22-13(2)23-20(18)25-12)24-16-10-8-15(21)9-11-16/h3-11H,21H2,1-2H3,(H,22,23,24). The maximum Gasteiger partial charge on any atom is 0.143 e. The minimum atomic E-state index is 0.742. The van der Waals surface area contributed by atoms with E-state index >= 15 is 0 Å². The van der Waals surface area contributed by atoms with Crippen LogP contribution in [0.15, 0.2) is 54.6 Å². The number of thiophene rings is 1. The third-order valence-corrected chi connectivity index (χ3v) is 5.07. The highest BCUT2D eigenvalue weighted by Gasteiger charge is 2.17. The van der Waals surface area contributed by atoms with Gasteiger partial charge in [-0.1, -0.05) is 30.3 Å². The van der Waals surface area contributed by atoms with Crippen molar-refractivity contribution in [2.75, 3.05) is 11.1 Å². The fourth-order valence-corrected chi connectivity index (χ4v) is 4.05. The van der Waals surface area contributed by atoms with Crippen LogP contribution in [0.1, 0.15) is 10.7 Å². The number of fused-ring (bicyclic) bond motifs is 1. The van der Waals surface area contributed by atoms with E-state index in [0.717, 1.165) is 33.2 Å². The van der Waals surface area contributed by atoms with E-state index in [-0.39, 0.29) is 0 Å². The molecule has 0 atom stereocenters. The largest absolute Gasteiger partial charge is 0.399 e. The zero-order valence-corrected chi connectivity index (χ0v) is 14.9. The number of anilines is 3. The second-order valence-corrected chi connectivity index (χ2v) is 7.15. The number of nitrogens with zero attached hydrogens (tertiary/aromatic N) is 2. The van der Waals surface area contributed by atoms with Gasteiger partial charge in [0.2, 0.25) is 0 Å². The molecule has 0 fully saturated rings. The Bertz CT molecular complexity index is 1040. The van der Waals surface area contributed by atoms with Crippen molar-refractivity contribution in [3.8, 4) is 11.1 Å². The fraction of sp³-hybridized carbons (Fsp3) is 0.100. The van der Waals surface area contributed by atoms with E-state index < -0.39 is 0 Å². The summed E-state index contributed by atoms with van der Waals surface area (Å²) in [4.78, 5) is 11.6. The normalized spacial score (nSPS) is 11.0. The van der Waals surface area contributed by atoms with Crippen LogP contribution in [0.2, 0.25) is 0 Å². The lowest BCUT2D eigenvalue weighted by atomic mass is 10.0. The predicted molar refractivity (Wildman–Crippen MR) is 106 cm³/mol. The summed E-state index contributed by atoms with van der Waals surface area (Å²) in [5, 5.41) is 4.50. The second kappa shape index (κ2) is 6.18. The smallest absolute Gasteiger partial charge is 0.143 e. The first-order chi connectivity index (χ1) is 12.1. The van der Waals surface area contributed by atoms with Crippen molar-refractivity contribution in [1.29, 1.82) is 0 Å². The number of benzene rings is 2. The summed E-state index contributed by atoms with van der Waals surface area (Å²) < 4.78 is 0. The molecule has 2 aromatic carbocycles. The summed E-state index contributed by atoms with van der Waals surface area (Å²) >= 11 is 1.70. The number of rotatable bonds is 3. The molecule has 4 nitrogen and oxygen atoms in total. The highest BCUT2D eigenvalue weighted by Crippen LogP contribution is 2.41. The molecule has 0 spiro atoms. The molecule has 0 amide bonds. The van der Waals surface area contributed by atoms with Crippen LogP contribution in [0.3, 0.4) is 0 Å². The molecule has 124 valence electrons. The summed E-state index contributed by atoms with van der Waals surface area (Å²) in [5.74, 6) is 1.58. The molecular formula is C20H18N4S. The molecule has 0 unspecified atom stereocenters. The van der Waals surface area contributed by atoms with Crippen LogP contribution in [-0.4, -0.2) is 9.97 Å². The number of aryl methyl sites for hydroxylation is 2. The van der Waals surface area contributed by atoms with Crippen LogP contribution in [0.4, 0.5) is 17.2 Å². The Morgan fingerprint density at radius 3 is 2.36 bits per heavy atom. The maximum absolute atomic E-state index is 5.79. The van der Waals surface area contributed by atoms with Crippen molar-refractivity contribution >= 4 is 38.7 Å². The molecule has 0 saturated heterocycles. The van der Waals surface area contributed by atoms with E-state index in [1.807, 2.05) is 37.3 Å². The van der Waals surface area contributed by atoms with Gasteiger partial charge < -0.3 is 11.1 Å². The zero-order valence-electron chi connectivity index (χ0n) is 14.1. The minimum absolute atomic E-state index is 0.742. The molecule has 5 heteroatoms. The van der Waals surface area contributed by atoms with E-state index in [4.69, 9.17) is 5.73 Å². The molecule has 2 heterocycles. The first-order valence-corrected chi connectivity index (χ1v) is 8.89. The molecule has 3 N–H and O–H groups in total. The lowest BCUT2D eigenvalue weighted by molar-refractivity contribution is 1.10. The highest BCUT2D eigenvalue weighted by molar-refractivity contribution is 7.19. The van der Waals surface area contributed by atoms with Crippen LogP contribution in [0, 0.1) is 13.8 Å². The molecule has 4 rings (SSSR count). The number of nitrogens with one attached hydrogen (secondary N) is 1. The summed E-state index contributed by atoms with van der Waals surface area (Å²) in [7, 11) is 0. The number of nitrogens with two attached hydrogens (primary N) is 1. The molecule has 0 bridgehead atoms. The van der Waals surface area contributed by atoms with Gasteiger partial charge in [0.05, 0.1) is 5.39 Å². The molecule has 0 aliphatic carbocycles. The molecule has 2 aromatic heterocycles. The van der Waals surface area contributed by atoms with Gasteiger partial charge in [0.25, 0.3) is 0 Å². The predicted octanol–water partition coefficient (Wildman–Crippen LogP) is 5.30. The van der Waals surface area contributed by atoms with Crippen molar-refractivity contribution in [2.45, 2.75) is 13.8 Å². The topological polar surface area (TPSA) is 63.8 Å². The van der Waals surface area contributed by atoms with Crippen molar-refractivity contribution in [1.82, 2.24) is 9.97 Å². The zero-order chi connectivity index (χ0) is 17.4. The number of nitrogen functional groups attached to an aromatic ring is 1. The van der Waals surface area contributed by atoms with E-state index in [1.54, 1.807) is 11.3 Å². The Balaban J connectivity index is 1.92. The van der Waals surface area contributed by atoms with Gasteiger partial charge in [0.15, 0.2) is 0 Å². The lowest BCUT2D eigenvalue weighted by Crippen LogP contribution is -1.98. The average molecular weight is 346 g/mol. The van der Waals surface area contributed by atoms with Gasteiger partial charge in [0, 0.05) is 21.8 Å². The molecule has 0 aliphatic rings. The Kier molecular flexibility index (Phi) is 3.86. The Morgan fingerprint density at radius 1 is 0.920 bits per heavy atom. The Morgan fingerprint density at radius 2 is 1.64 bits per heavy atom. The number of hydrogen-bond acceptors (Lipinski definition) is 5. The Hall–Kier alpha value is -2.92. The van der Waals surface area contributed by atoms with E-state index in [9.17, 15) is 0 Å². The molecule has 0 saturated carbocycles. The summed E-state index contributed by atoms with van der Waals surface area (Å²) in [6, 6.07) is 18.1. The van der Waals surface area contributed by atoms with Gasteiger partial charge in [-0.3, -0.25) is 0 Å². The second-order valence-electron chi connectivity index (χ2n) is 5.95. The SMILES string of the molecule is Cc1nc(Nc2ccc(N)cc2)c2c(-c3ccccc3)c(C)sc2n1. The van der Waals surface area contributed by atoms with E-state index in [2.05, 4.69) is 46.5 Å². The van der Waals surface area contributed by atoms with Gasteiger partial charge in [-0.05, 0) is 43.7 Å². The average Bonchev–Trinajstić information content (AvgIpc) is 2.93. The van der Waals surface area contributed by atoms with Gasteiger partial charge in [-0.25, -0.2) is 9.97 Å². The van der Waals surface area contributed by atoms with Crippen LogP contribution < -0.4 is 11.1 Å². The van der Waals surface area contributed by atoms with Gasteiger partial charge in [0.1, 0.15) is 16.5 Å². The monoisotopic (exact) mass is 346 g/mol. The maximum atomic E-state index is 5.79. The molecule has 25 heavy (non-hydrogen) atoms. The summed E-state index contributed by atoms with van der Waals surface area (Å²) in [6.07, 6.45) is 0. The van der Waals surface area contributed by atoms with Crippen molar-refractivity contribution in [3.63, 3.8) is 0 Å². The minimum Gasteiger partial charge on any atom is -0.399 e. The molecule has 4 aromatic rings. The van der Waals surface area contributed by atoms with Crippen LogP contribution >= 0.6 is 11.3 Å². The van der Waals surface area contributed by atoms with Crippen LogP contribution in [-0.2, 0) is 0 Å². The van der Waals surface area contributed by atoms with Gasteiger partial charge in [-0.2, -0.15) is 0 Å². The molecular weight excluding hydrogens is 328 g/mol. The van der Waals surface area contributed by atoms with Gasteiger partial charge in [-0.15, -0.1) is 11.3 Å². The van der Waals surface area contributed by atoms with Crippen molar-refractivity contribution in [3.05, 3.63) is 65.3 Å².